The molecule has 0 aromatic heterocycles. The fourth-order valence-electron chi connectivity index (χ4n) is 0.935. The van der Waals surface area contributed by atoms with Gasteiger partial charge in [0.15, 0.2) is 0 Å². The van der Waals surface area contributed by atoms with Crippen LogP contribution in [0.5, 0.6) is 0 Å². The Morgan fingerprint density at radius 1 is 1.80 bits per heavy atom. The fourth-order valence-corrected chi connectivity index (χ4v) is 0.935. The Kier molecular flexibility index (Phi) is 2.24. The summed E-state index contributed by atoms with van der Waals surface area (Å²) in [6.07, 6.45) is -0.536. The molecule has 0 bridgehead atoms. The number of aliphatic hydroxyl groups is 2. The molecule has 4 nitrogen and oxygen atoms in total. The van der Waals surface area contributed by atoms with E-state index in [9.17, 15) is 4.79 Å². The topological polar surface area (TPSA) is 66.8 Å². The van der Waals surface area contributed by atoms with E-state index in [1.807, 2.05) is 0 Å². The minimum absolute atomic E-state index is 0.294. The van der Waals surface area contributed by atoms with Crippen molar-refractivity contribution in [2.75, 3.05) is 6.61 Å². The molecule has 0 radical (unpaired) electrons. The van der Waals surface area contributed by atoms with Crippen molar-refractivity contribution in [3.63, 3.8) is 0 Å². The van der Waals surface area contributed by atoms with E-state index in [-0.39, 0.29) is 12.6 Å². The second kappa shape index (κ2) is 2.98. The number of carbonyl (C=O) groups excluding carboxylic acids is 1. The number of hydrogen-bond donors (Lipinski definition) is 2. The van der Waals surface area contributed by atoms with Gasteiger partial charge in [0.1, 0.15) is 12.2 Å². The number of rotatable bonds is 2. The van der Waals surface area contributed by atoms with Crippen LogP contribution in [0.3, 0.4) is 0 Å². The molecule has 2 N–H and O–H groups in total. The van der Waals surface area contributed by atoms with Crippen LogP contribution in [0.4, 0.5) is 0 Å². The number of aliphatic hydroxyl groups excluding tert-OH is 2. The number of cyclic esters (lactones) is 1. The maximum Gasteiger partial charge on any atom is 0.306 e. The molecule has 0 aliphatic carbocycles. The molecule has 4 heteroatoms. The number of esters is 1. The van der Waals surface area contributed by atoms with Gasteiger partial charge in [0.05, 0.1) is 6.61 Å². The number of hydrogen-bond acceptors (Lipinski definition) is 4. The summed E-state index contributed by atoms with van der Waals surface area (Å²) in [5.41, 5.74) is 0. The third kappa shape index (κ3) is 1.46. The van der Waals surface area contributed by atoms with Gasteiger partial charge in [-0.05, 0) is 6.42 Å². The predicted octanol–water partition coefficient (Wildman–Crippen LogP) is -0.955. The summed E-state index contributed by atoms with van der Waals surface area (Å²) in [6.45, 7) is -0.349. The first-order valence-electron chi connectivity index (χ1n) is 3.22. The summed E-state index contributed by atoms with van der Waals surface area (Å²) in [5.74, 6) is -0.294. The first kappa shape index (κ1) is 7.50. The van der Waals surface area contributed by atoms with E-state index in [4.69, 9.17) is 10.2 Å². The number of carbonyl (C=O) groups is 1. The van der Waals surface area contributed by atoms with Gasteiger partial charge in [-0.25, -0.2) is 0 Å². The summed E-state index contributed by atoms with van der Waals surface area (Å²) in [6, 6.07) is 0. The van der Waals surface area contributed by atoms with Gasteiger partial charge in [-0.1, -0.05) is 0 Å². The molecule has 1 fully saturated rings. The lowest BCUT2D eigenvalue weighted by molar-refractivity contribution is -0.146. The fraction of sp³-hybridized carbons (Fsp3) is 0.833. The highest BCUT2D eigenvalue weighted by Crippen LogP contribution is 2.16. The lowest BCUT2D eigenvalue weighted by Crippen LogP contribution is -2.28. The molecule has 1 aliphatic heterocycles. The molecule has 1 saturated heterocycles. The van der Waals surface area contributed by atoms with Crippen molar-refractivity contribution in [2.24, 2.45) is 0 Å². The SMILES string of the molecule is O=C1CC[C@@H]([C@@H](O)CO)O1. The average molecular weight is 146 g/mol. The second-order valence-corrected chi connectivity index (χ2v) is 2.32. The van der Waals surface area contributed by atoms with E-state index in [1.165, 1.54) is 0 Å². The molecule has 0 amide bonds. The first-order valence-corrected chi connectivity index (χ1v) is 3.22. The zero-order chi connectivity index (χ0) is 7.56. The Morgan fingerprint density at radius 3 is 2.90 bits per heavy atom. The summed E-state index contributed by atoms with van der Waals surface area (Å²) < 4.78 is 4.67. The molecule has 0 unspecified atom stereocenters. The highest BCUT2D eigenvalue weighted by atomic mass is 16.6. The van der Waals surface area contributed by atoms with Crippen LogP contribution in [0.1, 0.15) is 12.8 Å². The highest BCUT2D eigenvalue weighted by molar-refractivity contribution is 5.71. The molecule has 10 heavy (non-hydrogen) atoms. The molecule has 0 aromatic rings. The van der Waals surface area contributed by atoms with Gasteiger partial charge >= 0.3 is 5.97 Å². The molecule has 0 aromatic carbocycles. The molecule has 0 saturated carbocycles. The third-order valence-corrected chi connectivity index (χ3v) is 1.53. The Labute approximate surface area is 58.4 Å². The smallest absolute Gasteiger partial charge is 0.306 e. The molecule has 1 aliphatic rings. The van der Waals surface area contributed by atoms with E-state index < -0.39 is 12.2 Å². The van der Waals surface area contributed by atoms with Crippen LogP contribution in [0.15, 0.2) is 0 Å². The average Bonchev–Trinajstić information content (AvgIpc) is 2.34. The van der Waals surface area contributed by atoms with Crippen molar-refractivity contribution in [3.8, 4) is 0 Å². The quantitative estimate of drug-likeness (QED) is 0.493. The van der Waals surface area contributed by atoms with Crippen molar-refractivity contribution >= 4 is 5.97 Å². The summed E-state index contributed by atoms with van der Waals surface area (Å²) in [4.78, 5) is 10.5. The zero-order valence-electron chi connectivity index (χ0n) is 5.49. The van der Waals surface area contributed by atoms with E-state index in [0.29, 0.717) is 12.8 Å². The number of ether oxygens (including phenoxy) is 1. The van der Waals surface area contributed by atoms with Crippen LogP contribution in [0.2, 0.25) is 0 Å². The molecular formula is C6H10O4. The standard InChI is InChI=1S/C6H10O4/c7-3-4(8)5-1-2-6(9)10-5/h4-5,7-8H,1-3H2/t4-,5-/m0/s1. The maximum absolute atomic E-state index is 10.5. The largest absolute Gasteiger partial charge is 0.459 e. The van der Waals surface area contributed by atoms with Gasteiger partial charge in [-0.15, -0.1) is 0 Å². The monoisotopic (exact) mass is 146 g/mol. The third-order valence-electron chi connectivity index (χ3n) is 1.53. The van der Waals surface area contributed by atoms with E-state index >= 15 is 0 Å². The van der Waals surface area contributed by atoms with Crippen molar-refractivity contribution < 1.29 is 19.7 Å². The Bertz CT molecular complexity index is 134. The molecule has 58 valence electrons. The van der Waals surface area contributed by atoms with Gasteiger partial charge in [0.2, 0.25) is 0 Å². The Morgan fingerprint density at radius 2 is 2.50 bits per heavy atom. The van der Waals surface area contributed by atoms with Crippen molar-refractivity contribution in [1.82, 2.24) is 0 Å². The van der Waals surface area contributed by atoms with Crippen LogP contribution < -0.4 is 0 Å². The minimum atomic E-state index is -0.911. The summed E-state index contributed by atoms with van der Waals surface area (Å²) >= 11 is 0. The van der Waals surface area contributed by atoms with Crippen molar-refractivity contribution in [3.05, 3.63) is 0 Å². The summed E-state index contributed by atoms with van der Waals surface area (Å²) in [5, 5.41) is 17.4. The van der Waals surface area contributed by atoms with Crippen molar-refractivity contribution in [1.29, 1.82) is 0 Å². The molecule has 2 atom stereocenters. The second-order valence-electron chi connectivity index (χ2n) is 2.32. The minimum Gasteiger partial charge on any atom is -0.459 e. The molecule has 1 heterocycles. The van der Waals surface area contributed by atoms with Gasteiger partial charge in [0, 0.05) is 6.42 Å². The van der Waals surface area contributed by atoms with Crippen LogP contribution in [0, 0.1) is 0 Å². The first-order chi connectivity index (χ1) is 4.74. The van der Waals surface area contributed by atoms with Crippen LogP contribution in [-0.4, -0.2) is 35.0 Å². The van der Waals surface area contributed by atoms with Gasteiger partial charge in [-0.3, -0.25) is 4.79 Å². The highest BCUT2D eigenvalue weighted by Gasteiger charge is 2.28. The van der Waals surface area contributed by atoms with Crippen LogP contribution >= 0.6 is 0 Å². The van der Waals surface area contributed by atoms with Crippen molar-refractivity contribution in [2.45, 2.75) is 25.0 Å². The normalized spacial score (nSPS) is 28.2. The van der Waals surface area contributed by atoms with Gasteiger partial charge < -0.3 is 14.9 Å². The van der Waals surface area contributed by atoms with E-state index in [0.717, 1.165) is 0 Å². The van der Waals surface area contributed by atoms with E-state index in [1.54, 1.807) is 0 Å². The van der Waals surface area contributed by atoms with Gasteiger partial charge in [-0.2, -0.15) is 0 Å². The van der Waals surface area contributed by atoms with E-state index in [2.05, 4.69) is 4.74 Å². The zero-order valence-corrected chi connectivity index (χ0v) is 5.49. The molecular weight excluding hydrogens is 136 g/mol. The predicted molar refractivity (Wildman–Crippen MR) is 32.2 cm³/mol. The molecule has 0 spiro atoms. The lowest BCUT2D eigenvalue weighted by atomic mass is 10.1. The van der Waals surface area contributed by atoms with Gasteiger partial charge in [0.25, 0.3) is 0 Å². The summed E-state index contributed by atoms with van der Waals surface area (Å²) in [7, 11) is 0. The lowest BCUT2D eigenvalue weighted by Gasteiger charge is -2.13. The molecule has 1 rings (SSSR count). The Balaban J connectivity index is 2.36. The van der Waals surface area contributed by atoms with Crippen LogP contribution in [0.25, 0.3) is 0 Å². The van der Waals surface area contributed by atoms with Crippen LogP contribution in [-0.2, 0) is 9.53 Å². The Hall–Kier alpha value is -0.610. The maximum atomic E-state index is 10.5.